The van der Waals surface area contributed by atoms with Gasteiger partial charge in [0, 0.05) is 18.9 Å². The van der Waals surface area contributed by atoms with Gasteiger partial charge in [0.1, 0.15) is 0 Å². The van der Waals surface area contributed by atoms with E-state index in [0.717, 1.165) is 18.5 Å². The second-order valence-electron chi connectivity index (χ2n) is 3.87. The zero-order chi connectivity index (χ0) is 10.7. The molecule has 0 aliphatic heterocycles. The molecule has 15 heavy (non-hydrogen) atoms. The van der Waals surface area contributed by atoms with Gasteiger partial charge in [-0.1, -0.05) is 0 Å². The minimum absolute atomic E-state index is 0.112. The summed E-state index contributed by atoms with van der Waals surface area (Å²) in [6.07, 6.45) is 5.28. The van der Waals surface area contributed by atoms with Crippen molar-refractivity contribution >= 4 is 11.7 Å². The van der Waals surface area contributed by atoms with Gasteiger partial charge in [0.15, 0.2) is 0 Å². The predicted molar refractivity (Wildman–Crippen MR) is 56.4 cm³/mol. The third-order valence-electron chi connectivity index (χ3n) is 2.76. The van der Waals surface area contributed by atoms with Crippen LogP contribution in [-0.4, -0.2) is 24.6 Å². The average Bonchev–Trinajstić information content (AvgIpc) is 3.08. The van der Waals surface area contributed by atoms with Crippen LogP contribution < -0.4 is 5.32 Å². The molecule has 0 radical (unpaired) electrons. The highest BCUT2D eigenvalue weighted by atomic mass is 16.5. The first-order valence-electron chi connectivity index (χ1n) is 4.99. The Hall–Kier alpha value is -1.58. The first kappa shape index (κ1) is 9.96. The standard InChI is InChI=1S/C11H14N2O2/c1-15-10(14)11(4-5-11)8-13-9-3-2-6-12-7-9/h2-3,6-7,13H,4-5,8H2,1H3. The van der Waals surface area contributed by atoms with Gasteiger partial charge < -0.3 is 10.1 Å². The summed E-state index contributed by atoms with van der Waals surface area (Å²) in [6, 6.07) is 3.79. The average molecular weight is 206 g/mol. The number of rotatable bonds is 4. The molecule has 0 aromatic carbocycles. The number of esters is 1. The van der Waals surface area contributed by atoms with Crippen LogP contribution in [0, 0.1) is 5.41 Å². The molecule has 0 spiro atoms. The highest BCUT2D eigenvalue weighted by Crippen LogP contribution is 2.46. The Kier molecular flexibility index (Phi) is 2.58. The summed E-state index contributed by atoms with van der Waals surface area (Å²) in [5, 5.41) is 3.20. The quantitative estimate of drug-likeness (QED) is 0.757. The summed E-state index contributed by atoms with van der Waals surface area (Å²) < 4.78 is 4.77. The van der Waals surface area contributed by atoms with Gasteiger partial charge in [-0.15, -0.1) is 0 Å². The Balaban J connectivity index is 1.91. The van der Waals surface area contributed by atoms with Crippen LogP contribution in [0.1, 0.15) is 12.8 Å². The van der Waals surface area contributed by atoms with E-state index in [1.807, 2.05) is 12.1 Å². The second kappa shape index (κ2) is 3.88. The van der Waals surface area contributed by atoms with Gasteiger partial charge in [0.2, 0.25) is 0 Å². The van der Waals surface area contributed by atoms with Crippen LogP contribution in [0.4, 0.5) is 5.69 Å². The van der Waals surface area contributed by atoms with E-state index in [4.69, 9.17) is 4.74 Å². The Labute approximate surface area is 88.7 Å². The minimum atomic E-state index is -0.287. The molecule has 4 nitrogen and oxygen atoms in total. The van der Waals surface area contributed by atoms with Gasteiger partial charge in [-0.2, -0.15) is 0 Å². The van der Waals surface area contributed by atoms with Crippen LogP contribution in [-0.2, 0) is 9.53 Å². The summed E-state index contributed by atoms with van der Waals surface area (Å²) in [4.78, 5) is 15.4. The maximum absolute atomic E-state index is 11.4. The molecule has 1 N–H and O–H groups in total. The number of methoxy groups -OCH3 is 1. The maximum atomic E-state index is 11.4. The lowest BCUT2D eigenvalue weighted by molar-refractivity contribution is -0.146. The molecule has 1 heterocycles. The number of anilines is 1. The van der Waals surface area contributed by atoms with Crippen molar-refractivity contribution in [1.82, 2.24) is 4.98 Å². The van der Waals surface area contributed by atoms with E-state index in [1.165, 1.54) is 7.11 Å². The fourth-order valence-electron chi connectivity index (χ4n) is 1.56. The molecule has 0 atom stereocenters. The van der Waals surface area contributed by atoms with Crippen LogP contribution in [0.2, 0.25) is 0 Å². The molecule has 1 saturated carbocycles. The van der Waals surface area contributed by atoms with Crippen LogP contribution >= 0.6 is 0 Å². The Morgan fingerprint density at radius 1 is 1.67 bits per heavy atom. The van der Waals surface area contributed by atoms with Crippen molar-refractivity contribution in [2.24, 2.45) is 5.41 Å². The molecule has 4 heteroatoms. The lowest BCUT2D eigenvalue weighted by atomic mass is 10.1. The number of pyridine rings is 1. The first-order valence-corrected chi connectivity index (χ1v) is 4.99. The molecule has 80 valence electrons. The third kappa shape index (κ3) is 2.09. The van der Waals surface area contributed by atoms with Crippen molar-refractivity contribution in [3.8, 4) is 0 Å². The lowest BCUT2D eigenvalue weighted by Crippen LogP contribution is -2.25. The van der Waals surface area contributed by atoms with Crippen molar-refractivity contribution in [2.75, 3.05) is 19.0 Å². The zero-order valence-electron chi connectivity index (χ0n) is 8.69. The molecule has 0 saturated heterocycles. The number of nitrogens with one attached hydrogen (secondary N) is 1. The number of hydrogen-bond acceptors (Lipinski definition) is 4. The van der Waals surface area contributed by atoms with Crippen molar-refractivity contribution in [1.29, 1.82) is 0 Å². The summed E-state index contributed by atoms with van der Waals surface area (Å²) in [6.45, 7) is 0.630. The Morgan fingerprint density at radius 2 is 2.47 bits per heavy atom. The summed E-state index contributed by atoms with van der Waals surface area (Å²) in [5.74, 6) is -0.112. The molecule has 2 rings (SSSR count). The number of aromatic nitrogens is 1. The molecular weight excluding hydrogens is 192 g/mol. The van der Waals surface area contributed by atoms with Crippen LogP contribution in [0.15, 0.2) is 24.5 Å². The molecule has 0 amide bonds. The number of nitrogens with zero attached hydrogens (tertiary/aromatic N) is 1. The highest BCUT2D eigenvalue weighted by molar-refractivity contribution is 5.80. The molecule has 0 bridgehead atoms. The number of hydrogen-bond donors (Lipinski definition) is 1. The fraction of sp³-hybridized carbons (Fsp3) is 0.455. The van der Waals surface area contributed by atoms with E-state index in [9.17, 15) is 4.79 Å². The van der Waals surface area contributed by atoms with Gasteiger partial charge in [0.05, 0.1) is 18.2 Å². The molecule has 1 aromatic heterocycles. The van der Waals surface area contributed by atoms with Crippen molar-refractivity contribution in [3.63, 3.8) is 0 Å². The second-order valence-corrected chi connectivity index (χ2v) is 3.87. The largest absolute Gasteiger partial charge is 0.469 e. The smallest absolute Gasteiger partial charge is 0.313 e. The van der Waals surface area contributed by atoms with Gasteiger partial charge in [-0.05, 0) is 25.0 Å². The first-order chi connectivity index (χ1) is 7.27. The van der Waals surface area contributed by atoms with Gasteiger partial charge in [-0.3, -0.25) is 9.78 Å². The molecule has 1 aliphatic rings. The van der Waals surface area contributed by atoms with Gasteiger partial charge in [-0.25, -0.2) is 0 Å². The zero-order valence-corrected chi connectivity index (χ0v) is 8.69. The van der Waals surface area contributed by atoms with E-state index in [0.29, 0.717) is 6.54 Å². The van der Waals surface area contributed by atoms with Crippen LogP contribution in [0.25, 0.3) is 0 Å². The van der Waals surface area contributed by atoms with Gasteiger partial charge >= 0.3 is 5.97 Å². The van der Waals surface area contributed by atoms with E-state index >= 15 is 0 Å². The van der Waals surface area contributed by atoms with Gasteiger partial charge in [0.25, 0.3) is 0 Å². The molecule has 0 unspecified atom stereocenters. The molecule has 1 aromatic rings. The number of carbonyl (C=O) groups is 1. The number of carbonyl (C=O) groups excluding carboxylic acids is 1. The minimum Gasteiger partial charge on any atom is -0.469 e. The summed E-state index contributed by atoms with van der Waals surface area (Å²) in [5.41, 5.74) is 0.651. The van der Waals surface area contributed by atoms with E-state index in [2.05, 4.69) is 10.3 Å². The fourth-order valence-corrected chi connectivity index (χ4v) is 1.56. The highest BCUT2D eigenvalue weighted by Gasteiger charge is 2.50. The van der Waals surface area contributed by atoms with Crippen molar-refractivity contribution < 1.29 is 9.53 Å². The predicted octanol–water partition coefficient (Wildman–Crippen LogP) is 1.45. The van der Waals surface area contributed by atoms with Crippen LogP contribution in [0.3, 0.4) is 0 Å². The molecule has 1 aliphatic carbocycles. The monoisotopic (exact) mass is 206 g/mol. The van der Waals surface area contributed by atoms with E-state index in [1.54, 1.807) is 12.4 Å². The summed E-state index contributed by atoms with van der Waals surface area (Å²) in [7, 11) is 1.44. The number of ether oxygens (including phenoxy) is 1. The molecular formula is C11H14N2O2. The normalized spacial score (nSPS) is 16.9. The Morgan fingerprint density at radius 3 is 3.00 bits per heavy atom. The Bertz CT molecular complexity index is 347. The van der Waals surface area contributed by atoms with Crippen molar-refractivity contribution in [3.05, 3.63) is 24.5 Å². The molecule has 1 fully saturated rings. The van der Waals surface area contributed by atoms with E-state index in [-0.39, 0.29) is 11.4 Å². The third-order valence-corrected chi connectivity index (χ3v) is 2.76. The SMILES string of the molecule is COC(=O)C1(CNc2cccnc2)CC1. The van der Waals surface area contributed by atoms with Crippen LogP contribution in [0.5, 0.6) is 0 Å². The topological polar surface area (TPSA) is 51.2 Å². The lowest BCUT2D eigenvalue weighted by Gasteiger charge is -2.13. The summed E-state index contributed by atoms with van der Waals surface area (Å²) >= 11 is 0. The maximum Gasteiger partial charge on any atom is 0.313 e. The van der Waals surface area contributed by atoms with E-state index < -0.39 is 0 Å². The van der Waals surface area contributed by atoms with Crippen molar-refractivity contribution in [2.45, 2.75) is 12.8 Å².